The Morgan fingerprint density at radius 2 is 2.00 bits per heavy atom. The van der Waals surface area contributed by atoms with E-state index in [0.717, 1.165) is 16.9 Å². The van der Waals surface area contributed by atoms with E-state index in [1.807, 2.05) is 38.1 Å². The molecule has 1 aliphatic heterocycles. The SMILES string of the molecule is C=C(C)COc1ccc2c(c1)O/C(=C\c1ccccc1OCC)C2=O. The van der Waals surface area contributed by atoms with Crippen molar-refractivity contribution in [2.45, 2.75) is 13.8 Å². The standard InChI is InChI=1S/C21H20O4/c1-4-23-18-8-6-5-7-15(18)11-20-21(22)17-10-9-16(12-19(17)25-20)24-13-14(2)3/h5-12H,2,4,13H2,1,3H3/b20-11-. The van der Waals surface area contributed by atoms with Crippen LogP contribution in [0.1, 0.15) is 29.8 Å². The number of hydrogen-bond acceptors (Lipinski definition) is 4. The van der Waals surface area contributed by atoms with Gasteiger partial charge in [0.15, 0.2) is 5.76 Å². The van der Waals surface area contributed by atoms with Gasteiger partial charge in [-0.1, -0.05) is 24.8 Å². The maximum atomic E-state index is 12.6. The molecule has 0 aromatic heterocycles. The minimum atomic E-state index is -0.146. The first-order valence-electron chi connectivity index (χ1n) is 8.15. The largest absolute Gasteiger partial charge is 0.493 e. The Kier molecular flexibility index (Phi) is 4.89. The van der Waals surface area contributed by atoms with E-state index in [0.29, 0.717) is 30.3 Å². The molecule has 0 radical (unpaired) electrons. The molecule has 25 heavy (non-hydrogen) atoms. The van der Waals surface area contributed by atoms with Gasteiger partial charge in [0.2, 0.25) is 5.78 Å². The summed E-state index contributed by atoms with van der Waals surface area (Å²) in [7, 11) is 0. The van der Waals surface area contributed by atoms with Gasteiger partial charge in [-0.25, -0.2) is 0 Å². The van der Waals surface area contributed by atoms with Crippen LogP contribution in [0.4, 0.5) is 0 Å². The van der Waals surface area contributed by atoms with Crippen LogP contribution in [0.15, 0.2) is 60.4 Å². The second-order valence-corrected chi connectivity index (χ2v) is 5.81. The summed E-state index contributed by atoms with van der Waals surface area (Å²) in [6, 6.07) is 12.8. The summed E-state index contributed by atoms with van der Waals surface area (Å²) < 4.78 is 17.0. The molecule has 0 unspecified atom stereocenters. The Balaban J connectivity index is 1.86. The lowest BCUT2D eigenvalue weighted by atomic mass is 10.1. The zero-order valence-electron chi connectivity index (χ0n) is 14.4. The van der Waals surface area contributed by atoms with Crippen LogP contribution in [-0.2, 0) is 0 Å². The number of para-hydroxylation sites is 1. The summed E-state index contributed by atoms with van der Waals surface area (Å²) in [4.78, 5) is 12.6. The molecule has 0 atom stereocenters. The average Bonchev–Trinajstić information content (AvgIpc) is 2.90. The molecule has 128 valence electrons. The van der Waals surface area contributed by atoms with Gasteiger partial charge in [0, 0.05) is 11.6 Å². The number of carbonyl (C=O) groups excluding carboxylic acids is 1. The van der Waals surface area contributed by atoms with Crippen LogP contribution in [0.3, 0.4) is 0 Å². The Morgan fingerprint density at radius 1 is 1.20 bits per heavy atom. The molecular formula is C21H20O4. The van der Waals surface area contributed by atoms with Crippen LogP contribution in [0, 0.1) is 0 Å². The molecule has 2 aromatic carbocycles. The van der Waals surface area contributed by atoms with Gasteiger partial charge in [-0.3, -0.25) is 4.79 Å². The van der Waals surface area contributed by atoms with Crippen LogP contribution in [0.25, 0.3) is 6.08 Å². The first-order valence-corrected chi connectivity index (χ1v) is 8.15. The molecule has 0 bridgehead atoms. The normalized spacial score (nSPS) is 14.2. The highest BCUT2D eigenvalue weighted by Gasteiger charge is 2.28. The second kappa shape index (κ2) is 7.26. The Labute approximate surface area is 147 Å². The van der Waals surface area contributed by atoms with Crippen LogP contribution in [0.2, 0.25) is 0 Å². The number of carbonyl (C=O) groups is 1. The zero-order chi connectivity index (χ0) is 17.8. The molecule has 0 N–H and O–H groups in total. The van der Waals surface area contributed by atoms with E-state index in [-0.39, 0.29) is 11.5 Å². The van der Waals surface area contributed by atoms with Crippen LogP contribution < -0.4 is 14.2 Å². The fraction of sp³-hybridized carbons (Fsp3) is 0.190. The highest BCUT2D eigenvalue weighted by atomic mass is 16.5. The first kappa shape index (κ1) is 16.8. The number of ether oxygens (including phenoxy) is 3. The molecule has 0 saturated heterocycles. The van der Waals surface area contributed by atoms with Crippen LogP contribution >= 0.6 is 0 Å². The van der Waals surface area contributed by atoms with Crippen molar-refractivity contribution in [1.82, 2.24) is 0 Å². The molecule has 3 rings (SSSR count). The highest BCUT2D eigenvalue weighted by molar-refractivity contribution is 6.14. The van der Waals surface area contributed by atoms with Crippen LogP contribution in [0.5, 0.6) is 17.2 Å². The molecule has 0 aliphatic carbocycles. The van der Waals surface area contributed by atoms with Gasteiger partial charge < -0.3 is 14.2 Å². The molecule has 1 aliphatic rings. The maximum absolute atomic E-state index is 12.6. The predicted octanol–water partition coefficient (Wildman–Crippen LogP) is 4.66. The number of allylic oxidation sites excluding steroid dienone is 1. The lowest BCUT2D eigenvalue weighted by molar-refractivity contribution is 0.101. The highest BCUT2D eigenvalue weighted by Crippen LogP contribution is 2.35. The molecular weight excluding hydrogens is 316 g/mol. The monoisotopic (exact) mass is 336 g/mol. The number of ketones is 1. The van der Waals surface area contributed by atoms with Crippen molar-refractivity contribution >= 4 is 11.9 Å². The number of fused-ring (bicyclic) bond motifs is 1. The molecule has 0 fully saturated rings. The summed E-state index contributed by atoms with van der Waals surface area (Å²) in [5.74, 6) is 2.00. The van der Waals surface area contributed by atoms with E-state index in [9.17, 15) is 4.79 Å². The predicted molar refractivity (Wildman–Crippen MR) is 97.3 cm³/mol. The Hall–Kier alpha value is -3.01. The van der Waals surface area contributed by atoms with Gasteiger partial charge in [0.25, 0.3) is 0 Å². The summed E-state index contributed by atoms with van der Waals surface area (Å²) in [5, 5.41) is 0. The average molecular weight is 336 g/mol. The van der Waals surface area contributed by atoms with E-state index < -0.39 is 0 Å². The Morgan fingerprint density at radius 3 is 2.76 bits per heavy atom. The quantitative estimate of drug-likeness (QED) is 0.569. The molecule has 4 heteroatoms. The minimum absolute atomic E-state index is 0.146. The molecule has 4 nitrogen and oxygen atoms in total. The molecule has 0 amide bonds. The third-order valence-corrected chi connectivity index (χ3v) is 3.63. The van der Waals surface area contributed by atoms with Crippen molar-refractivity contribution in [3.63, 3.8) is 0 Å². The van der Waals surface area contributed by atoms with Gasteiger partial charge in [-0.15, -0.1) is 0 Å². The summed E-state index contributed by atoms with van der Waals surface area (Å²) in [6.45, 7) is 8.60. The fourth-order valence-electron chi connectivity index (χ4n) is 2.49. The minimum Gasteiger partial charge on any atom is -0.493 e. The maximum Gasteiger partial charge on any atom is 0.231 e. The first-order chi connectivity index (χ1) is 12.1. The topological polar surface area (TPSA) is 44.8 Å². The number of benzene rings is 2. The molecule has 1 heterocycles. The Bertz CT molecular complexity index is 849. The zero-order valence-corrected chi connectivity index (χ0v) is 14.4. The van der Waals surface area contributed by atoms with E-state index in [1.54, 1.807) is 24.3 Å². The molecule has 0 spiro atoms. The number of hydrogen-bond donors (Lipinski definition) is 0. The third-order valence-electron chi connectivity index (χ3n) is 3.63. The van der Waals surface area contributed by atoms with E-state index in [1.165, 1.54) is 0 Å². The molecule has 0 saturated carbocycles. The van der Waals surface area contributed by atoms with E-state index in [2.05, 4.69) is 6.58 Å². The summed E-state index contributed by atoms with van der Waals surface area (Å²) in [6.07, 6.45) is 1.71. The summed E-state index contributed by atoms with van der Waals surface area (Å²) in [5.41, 5.74) is 2.26. The fourth-order valence-corrected chi connectivity index (χ4v) is 2.49. The number of rotatable bonds is 6. The van der Waals surface area contributed by atoms with Gasteiger partial charge >= 0.3 is 0 Å². The third kappa shape index (κ3) is 3.74. The van der Waals surface area contributed by atoms with Crippen molar-refractivity contribution in [2.24, 2.45) is 0 Å². The van der Waals surface area contributed by atoms with Gasteiger partial charge in [-0.2, -0.15) is 0 Å². The summed E-state index contributed by atoms with van der Waals surface area (Å²) >= 11 is 0. The van der Waals surface area contributed by atoms with Gasteiger partial charge in [0.1, 0.15) is 23.9 Å². The van der Waals surface area contributed by atoms with Crippen molar-refractivity contribution in [1.29, 1.82) is 0 Å². The smallest absolute Gasteiger partial charge is 0.231 e. The van der Waals surface area contributed by atoms with Crippen molar-refractivity contribution in [3.05, 3.63) is 71.5 Å². The lowest BCUT2D eigenvalue weighted by Crippen LogP contribution is -1.99. The molecule has 2 aromatic rings. The van der Waals surface area contributed by atoms with E-state index >= 15 is 0 Å². The second-order valence-electron chi connectivity index (χ2n) is 5.81. The lowest BCUT2D eigenvalue weighted by Gasteiger charge is -2.07. The van der Waals surface area contributed by atoms with Crippen molar-refractivity contribution in [2.75, 3.05) is 13.2 Å². The van der Waals surface area contributed by atoms with Crippen LogP contribution in [-0.4, -0.2) is 19.0 Å². The van der Waals surface area contributed by atoms with Crippen molar-refractivity contribution in [3.8, 4) is 17.2 Å². The van der Waals surface area contributed by atoms with Gasteiger partial charge in [-0.05, 0) is 43.7 Å². The van der Waals surface area contributed by atoms with Gasteiger partial charge in [0.05, 0.1) is 12.2 Å². The van der Waals surface area contributed by atoms with Crippen molar-refractivity contribution < 1.29 is 19.0 Å². The number of Topliss-reactive ketones (excluding diaryl/α,β-unsaturated/α-hetero) is 1. The van der Waals surface area contributed by atoms with E-state index in [4.69, 9.17) is 14.2 Å².